The third-order valence-electron chi connectivity index (χ3n) is 13.0. The average Bonchev–Trinajstić information content (AvgIpc) is 3.45. The summed E-state index contributed by atoms with van der Waals surface area (Å²) < 4.78 is 68.6. The lowest BCUT2D eigenvalue weighted by Gasteiger charge is -2.46. The van der Waals surface area contributed by atoms with Gasteiger partial charge in [0.1, 0.15) is 54.9 Å². The Morgan fingerprint density at radius 2 is 0.589 bits per heavy atom. The van der Waals surface area contributed by atoms with Crippen LogP contribution in [0.2, 0.25) is 0 Å². The maximum absolute atomic E-state index is 7.23. The van der Waals surface area contributed by atoms with Crippen molar-refractivity contribution < 1.29 is 47.4 Å². The third-order valence-corrected chi connectivity index (χ3v) is 13.0. The van der Waals surface area contributed by atoms with Crippen LogP contribution in [0.5, 0.6) is 0 Å². The zero-order valence-corrected chi connectivity index (χ0v) is 41.4. The van der Waals surface area contributed by atoms with Gasteiger partial charge in [0, 0.05) is 7.11 Å². The molecule has 0 radical (unpaired) electrons. The Kier molecular flexibility index (Phi) is 19.7. The number of rotatable bonds is 25. The first kappa shape index (κ1) is 51.8. The van der Waals surface area contributed by atoms with E-state index in [-0.39, 0.29) is 6.61 Å². The van der Waals surface area contributed by atoms with Crippen molar-refractivity contribution in [2.24, 2.45) is 0 Å². The lowest BCUT2D eigenvalue weighted by atomic mass is 9.92. The molecule has 10 atom stereocenters. The van der Waals surface area contributed by atoms with Crippen molar-refractivity contribution in [1.82, 2.24) is 0 Å². The number of hydrogen-bond acceptors (Lipinski definition) is 10. The first-order valence-corrected chi connectivity index (χ1v) is 25.2. The molecule has 0 spiro atoms. The van der Waals surface area contributed by atoms with Crippen LogP contribution in [0, 0.1) is 0 Å². The molecule has 2 saturated heterocycles. The van der Waals surface area contributed by atoms with Gasteiger partial charge in [-0.25, -0.2) is 0 Å². The van der Waals surface area contributed by atoms with Crippen molar-refractivity contribution >= 4 is 0 Å². The smallest absolute Gasteiger partial charge is 0.186 e. The molecule has 2 fully saturated rings. The van der Waals surface area contributed by atoms with Gasteiger partial charge in [-0.05, 0) is 38.9 Å². The predicted molar refractivity (Wildman–Crippen MR) is 280 cm³/mol. The fraction of sp³-hybridized carbons (Fsp3) is 0.302. The van der Waals surface area contributed by atoms with Crippen LogP contribution in [0.1, 0.15) is 38.9 Å². The molecule has 2 aliphatic heterocycles. The summed E-state index contributed by atoms with van der Waals surface area (Å²) in [6.07, 6.45) is -2.65. The SMILES string of the molecule is CO[C@H]1O[C@H](C=C[C@@H]2O[C@H](COCc3ccccc3)[C@H](OCc3ccccc3)[C@H](OCc3ccccc3)[C@H]2OCc2ccccc2)[C@@H](OCc2ccccc2)[C@H](OCc2ccccc2)[C@H]1OCc1ccccc1. The highest BCUT2D eigenvalue weighted by Gasteiger charge is 2.50. The molecule has 7 aromatic carbocycles. The minimum atomic E-state index is -0.829. The van der Waals surface area contributed by atoms with Crippen molar-refractivity contribution in [3.63, 3.8) is 0 Å². The summed E-state index contributed by atoms with van der Waals surface area (Å²) in [6, 6.07) is 70.8. The van der Waals surface area contributed by atoms with Gasteiger partial charge < -0.3 is 47.4 Å². The van der Waals surface area contributed by atoms with Crippen LogP contribution in [0.3, 0.4) is 0 Å². The molecule has 9 rings (SSSR count). The van der Waals surface area contributed by atoms with Crippen LogP contribution in [-0.2, 0) is 93.6 Å². The first-order chi connectivity index (χ1) is 36.2. The van der Waals surface area contributed by atoms with Crippen molar-refractivity contribution in [2.75, 3.05) is 13.7 Å². The topological polar surface area (TPSA) is 92.3 Å². The number of methoxy groups -OCH3 is 1. The monoisotopic (exact) mass is 982 g/mol. The first-order valence-electron chi connectivity index (χ1n) is 25.2. The highest BCUT2D eigenvalue weighted by atomic mass is 16.7. The van der Waals surface area contributed by atoms with E-state index in [0.717, 1.165) is 38.9 Å². The molecule has 0 N–H and O–H groups in total. The summed E-state index contributed by atoms with van der Waals surface area (Å²) in [5, 5.41) is 0. The molecule has 378 valence electrons. The van der Waals surface area contributed by atoms with Crippen molar-refractivity contribution in [2.45, 2.75) is 107 Å². The fourth-order valence-corrected chi connectivity index (χ4v) is 9.23. The Morgan fingerprint density at radius 3 is 0.932 bits per heavy atom. The molecule has 73 heavy (non-hydrogen) atoms. The molecule has 10 heteroatoms. The second-order valence-corrected chi connectivity index (χ2v) is 18.3. The fourth-order valence-electron chi connectivity index (χ4n) is 9.23. The van der Waals surface area contributed by atoms with Gasteiger partial charge in [-0.3, -0.25) is 0 Å². The van der Waals surface area contributed by atoms with Crippen molar-refractivity contribution in [3.8, 4) is 0 Å². The maximum Gasteiger partial charge on any atom is 0.186 e. The van der Waals surface area contributed by atoms with Gasteiger partial charge in [0.2, 0.25) is 0 Å². The van der Waals surface area contributed by atoms with E-state index in [2.05, 4.69) is 48.5 Å². The lowest BCUT2D eigenvalue weighted by Crippen LogP contribution is -2.61. The number of benzene rings is 7. The van der Waals surface area contributed by atoms with Gasteiger partial charge >= 0.3 is 0 Å². The van der Waals surface area contributed by atoms with Crippen molar-refractivity contribution in [1.29, 1.82) is 0 Å². The molecule has 0 aliphatic carbocycles. The van der Waals surface area contributed by atoms with Crippen LogP contribution in [-0.4, -0.2) is 74.9 Å². The minimum absolute atomic E-state index is 0.222. The number of ether oxygens (including phenoxy) is 10. The Labute approximate surface area is 430 Å². The van der Waals surface area contributed by atoms with Crippen LogP contribution >= 0.6 is 0 Å². The molecule has 0 unspecified atom stereocenters. The second-order valence-electron chi connectivity index (χ2n) is 18.3. The molecule has 10 nitrogen and oxygen atoms in total. The Balaban J connectivity index is 1.08. The van der Waals surface area contributed by atoms with Crippen LogP contribution < -0.4 is 0 Å². The second kappa shape index (κ2) is 27.8. The Bertz CT molecular complexity index is 2610. The Hall–Kier alpha value is -6.12. The molecule has 0 saturated carbocycles. The highest BCUT2D eigenvalue weighted by molar-refractivity contribution is 5.20. The van der Waals surface area contributed by atoms with E-state index in [1.807, 2.05) is 176 Å². The van der Waals surface area contributed by atoms with Crippen LogP contribution in [0.4, 0.5) is 0 Å². The van der Waals surface area contributed by atoms with E-state index >= 15 is 0 Å². The van der Waals surface area contributed by atoms with E-state index < -0.39 is 61.2 Å². The molecule has 2 aliphatic rings. The summed E-state index contributed by atoms with van der Waals surface area (Å²) in [5.74, 6) is 0. The molecule has 0 amide bonds. The molecule has 0 bridgehead atoms. The van der Waals surface area contributed by atoms with Gasteiger partial charge in [-0.1, -0.05) is 224 Å². The van der Waals surface area contributed by atoms with E-state index in [1.165, 1.54) is 0 Å². The van der Waals surface area contributed by atoms with Crippen molar-refractivity contribution in [3.05, 3.63) is 263 Å². The zero-order chi connectivity index (χ0) is 49.7. The van der Waals surface area contributed by atoms with E-state index in [9.17, 15) is 0 Å². The van der Waals surface area contributed by atoms with Gasteiger partial charge in [0.25, 0.3) is 0 Å². The minimum Gasteiger partial charge on any atom is -0.374 e. The maximum atomic E-state index is 7.23. The lowest BCUT2D eigenvalue weighted by molar-refractivity contribution is -0.309. The normalized spacial score (nSPS) is 24.1. The summed E-state index contributed by atoms with van der Waals surface area (Å²) in [6.45, 7) is 2.48. The van der Waals surface area contributed by atoms with E-state index in [0.29, 0.717) is 46.2 Å². The van der Waals surface area contributed by atoms with Gasteiger partial charge in [-0.2, -0.15) is 0 Å². The third kappa shape index (κ3) is 15.2. The summed E-state index contributed by atoms with van der Waals surface area (Å²) in [4.78, 5) is 0. The van der Waals surface area contributed by atoms with Gasteiger partial charge in [0.15, 0.2) is 6.29 Å². The standard InChI is InChI=1S/C63H66O10/c1-64-63-62(71-45-53-35-21-8-22-36-53)61(70-44-52-33-19-7-20-34-52)58(67-41-49-27-13-4-14-28-49)55(73-63)38-37-54-57(66-40-48-25-11-3-12-26-48)60(69-43-51-31-17-6-18-32-51)59(68-42-50-29-15-5-16-30-50)56(72-54)46-65-39-47-23-9-2-10-24-47/h2-38,54-63H,39-46H2,1H3/t54-,55+,56+,57-,58+,59-,60+,61-,62+,63-/m0/s1. The quantitative estimate of drug-likeness (QED) is 0.0516. The highest BCUT2D eigenvalue weighted by Crippen LogP contribution is 2.35. The van der Waals surface area contributed by atoms with E-state index in [4.69, 9.17) is 47.4 Å². The summed E-state index contributed by atoms with van der Waals surface area (Å²) >= 11 is 0. The Morgan fingerprint density at radius 1 is 0.315 bits per heavy atom. The number of hydrogen-bond donors (Lipinski definition) is 0. The van der Waals surface area contributed by atoms with Gasteiger partial charge in [0.05, 0.1) is 52.9 Å². The van der Waals surface area contributed by atoms with Crippen LogP contribution in [0.15, 0.2) is 224 Å². The van der Waals surface area contributed by atoms with Crippen LogP contribution in [0.25, 0.3) is 0 Å². The molecule has 7 aromatic rings. The summed E-state index contributed by atoms with van der Waals surface area (Å²) in [5.41, 5.74) is 7.13. The molecular formula is C63H66O10. The predicted octanol–water partition coefficient (Wildman–Crippen LogP) is 11.4. The molecule has 0 aromatic heterocycles. The molecule has 2 heterocycles. The zero-order valence-electron chi connectivity index (χ0n) is 41.4. The van der Waals surface area contributed by atoms with Gasteiger partial charge in [-0.15, -0.1) is 0 Å². The summed E-state index contributed by atoms with van der Waals surface area (Å²) in [7, 11) is 1.63. The van der Waals surface area contributed by atoms with E-state index in [1.54, 1.807) is 7.11 Å². The largest absolute Gasteiger partial charge is 0.374 e. The average molecular weight is 983 g/mol. The molecular weight excluding hydrogens is 917 g/mol.